The van der Waals surface area contributed by atoms with Gasteiger partial charge in [0, 0.05) is 19.5 Å². The molecule has 1 aromatic carbocycles. The van der Waals surface area contributed by atoms with Gasteiger partial charge >= 0.3 is 0 Å². The van der Waals surface area contributed by atoms with Gasteiger partial charge in [0.25, 0.3) is 0 Å². The number of fused-ring (bicyclic) bond motifs is 1. The summed E-state index contributed by atoms with van der Waals surface area (Å²) in [7, 11) is 0. The number of aliphatic hydroxyl groups is 1. The molecule has 6 nitrogen and oxygen atoms in total. The van der Waals surface area contributed by atoms with Gasteiger partial charge in [-0.1, -0.05) is 29.8 Å². The first kappa shape index (κ1) is 19.5. The lowest BCUT2D eigenvalue weighted by Crippen LogP contribution is -2.49. The fraction of sp³-hybridized carbons (Fsp3) is 0.542. The fourth-order valence-corrected chi connectivity index (χ4v) is 4.99. The smallest absolute Gasteiger partial charge is 0.227 e. The molecule has 2 N–H and O–H groups in total. The standard InChI is InChI=1S/C24H30N4O2/c1-16-3-5-17(6-4-16)18-9-13-28(14-10-18)23-25-19-7-8-20(30)21(19)22(26-23)27-24(15-29)11-2-12-24/h3-6,18,29H,2,7-15H2,1H3,(H,25,26,27). The maximum absolute atomic E-state index is 12.5. The second-order valence-corrected chi connectivity index (χ2v) is 9.21. The number of hydrogen-bond acceptors (Lipinski definition) is 6. The Morgan fingerprint density at radius 2 is 1.87 bits per heavy atom. The van der Waals surface area contributed by atoms with Gasteiger partial charge in [-0.3, -0.25) is 4.79 Å². The predicted molar refractivity (Wildman–Crippen MR) is 117 cm³/mol. The van der Waals surface area contributed by atoms with Crippen molar-refractivity contribution in [1.82, 2.24) is 9.97 Å². The molecule has 0 bridgehead atoms. The van der Waals surface area contributed by atoms with Crippen molar-refractivity contribution in [3.63, 3.8) is 0 Å². The van der Waals surface area contributed by atoms with Gasteiger partial charge in [-0.15, -0.1) is 0 Å². The number of piperidine rings is 1. The van der Waals surface area contributed by atoms with Crippen molar-refractivity contribution in [2.75, 3.05) is 29.9 Å². The Kier molecular flexibility index (Phi) is 4.97. The number of hydrogen-bond donors (Lipinski definition) is 2. The highest BCUT2D eigenvalue weighted by molar-refractivity contribution is 6.04. The minimum absolute atomic E-state index is 0.0667. The Morgan fingerprint density at radius 3 is 2.50 bits per heavy atom. The van der Waals surface area contributed by atoms with Crippen molar-refractivity contribution < 1.29 is 9.90 Å². The first-order chi connectivity index (χ1) is 14.6. The van der Waals surface area contributed by atoms with Crippen molar-refractivity contribution in [3.05, 3.63) is 46.6 Å². The predicted octanol–water partition coefficient (Wildman–Crippen LogP) is 3.62. The number of aromatic nitrogens is 2. The molecule has 158 valence electrons. The number of anilines is 2. The molecule has 1 saturated carbocycles. The van der Waals surface area contributed by atoms with E-state index < -0.39 is 0 Å². The lowest BCUT2D eigenvalue weighted by molar-refractivity contribution is 0.0994. The molecule has 6 heteroatoms. The Hall–Kier alpha value is -2.47. The van der Waals surface area contributed by atoms with E-state index >= 15 is 0 Å². The Labute approximate surface area is 177 Å². The third-order valence-electron chi connectivity index (χ3n) is 7.16. The Morgan fingerprint density at radius 1 is 1.13 bits per heavy atom. The number of nitrogens with zero attached hydrogens (tertiary/aromatic N) is 3. The fourth-order valence-electron chi connectivity index (χ4n) is 4.99. The Balaban J connectivity index is 1.37. The lowest BCUT2D eigenvalue weighted by Gasteiger charge is -2.42. The summed E-state index contributed by atoms with van der Waals surface area (Å²) in [4.78, 5) is 24.3. The summed E-state index contributed by atoms with van der Waals surface area (Å²) in [6.45, 7) is 4.02. The highest BCUT2D eigenvalue weighted by atomic mass is 16.3. The highest BCUT2D eigenvalue weighted by Crippen LogP contribution is 2.38. The third-order valence-corrected chi connectivity index (χ3v) is 7.16. The molecule has 0 radical (unpaired) electrons. The van der Waals surface area contributed by atoms with Crippen LogP contribution in [0.15, 0.2) is 24.3 Å². The maximum Gasteiger partial charge on any atom is 0.227 e. The molecule has 1 aromatic heterocycles. The average Bonchev–Trinajstić information content (AvgIpc) is 3.12. The van der Waals surface area contributed by atoms with Crippen LogP contribution in [-0.2, 0) is 6.42 Å². The highest BCUT2D eigenvalue weighted by Gasteiger charge is 2.39. The van der Waals surface area contributed by atoms with E-state index in [4.69, 9.17) is 9.97 Å². The van der Waals surface area contributed by atoms with Crippen LogP contribution in [0, 0.1) is 6.92 Å². The SMILES string of the molecule is Cc1ccc(C2CCN(c3nc4c(c(NC5(CO)CCC5)n3)C(=O)CC4)CC2)cc1. The molecule has 0 amide bonds. The summed E-state index contributed by atoms with van der Waals surface area (Å²) >= 11 is 0. The molecule has 5 rings (SSSR count). The molecule has 30 heavy (non-hydrogen) atoms. The van der Waals surface area contributed by atoms with Crippen LogP contribution in [0.3, 0.4) is 0 Å². The van der Waals surface area contributed by atoms with Crippen LogP contribution in [0.5, 0.6) is 0 Å². The summed E-state index contributed by atoms with van der Waals surface area (Å²) in [6.07, 6.45) is 6.25. The van der Waals surface area contributed by atoms with E-state index in [1.54, 1.807) is 0 Å². The largest absolute Gasteiger partial charge is 0.394 e. The van der Waals surface area contributed by atoms with Gasteiger partial charge in [-0.05, 0) is 56.9 Å². The van der Waals surface area contributed by atoms with E-state index in [1.807, 2.05) is 0 Å². The summed E-state index contributed by atoms with van der Waals surface area (Å²) in [6, 6.07) is 8.89. The van der Waals surface area contributed by atoms with Gasteiger partial charge in [0.05, 0.1) is 23.4 Å². The van der Waals surface area contributed by atoms with Crippen LogP contribution in [-0.4, -0.2) is 46.1 Å². The molecule has 2 fully saturated rings. The van der Waals surface area contributed by atoms with Crippen molar-refractivity contribution in [3.8, 4) is 0 Å². The van der Waals surface area contributed by atoms with Crippen LogP contribution in [0.1, 0.15) is 71.6 Å². The van der Waals surface area contributed by atoms with Gasteiger partial charge in [0.1, 0.15) is 5.82 Å². The van der Waals surface area contributed by atoms with Gasteiger partial charge in [-0.2, -0.15) is 4.98 Å². The van der Waals surface area contributed by atoms with Gasteiger partial charge in [0.2, 0.25) is 5.95 Å². The van der Waals surface area contributed by atoms with E-state index in [-0.39, 0.29) is 17.9 Å². The zero-order valence-electron chi connectivity index (χ0n) is 17.7. The average molecular weight is 407 g/mol. The molecule has 2 aromatic rings. The van der Waals surface area contributed by atoms with Crippen LogP contribution < -0.4 is 10.2 Å². The zero-order chi connectivity index (χ0) is 20.7. The number of aryl methyl sites for hydroxylation is 2. The number of aliphatic hydroxyl groups excluding tert-OH is 1. The second-order valence-electron chi connectivity index (χ2n) is 9.21. The van der Waals surface area contributed by atoms with Crippen molar-refractivity contribution in [1.29, 1.82) is 0 Å². The topological polar surface area (TPSA) is 78.3 Å². The van der Waals surface area contributed by atoms with Crippen LogP contribution >= 0.6 is 0 Å². The minimum Gasteiger partial charge on any atom is -0.394 e. The number of carbonyl (C=O) groups excluding carboxylic acids is 1. The summed E-state index contributed by atoms with van der Waals surface area (Å²) in [5.41, 5.74) is 3.89. The van der Waals surface area contributed by atoms with Crippen molar-refractivity contribution >= 4 is 17.5 Å². The number of nitrogens with one attached hydrogen (secondary N) is 1. The minimum atomic E-state index is -0.333. The zero-order valence-corrected chi connectivity index (χ0v) is 17.7. The van der Waals surface area contributed by atoms with Gasteiger partial charge in [-0.25, -0.2) is 4.98 Å². The van der Waals surface area contributed by atoms with Crippen LogP contribution in [0.4, 0.5) is 11.8 Å². The molecule has 0 atom stereocenters. The molecule has 0 spiro atoms. The van der Waals surface area contributed by atoms with Gasteiger partial charge < -0.3 is 15.3 Å². The monoisotopic (exact) mass is 406 g/mol. The molecule has 0 unspecified atom stereocenters. The van der Waals surface area contributed by atoms with E-state index in [0.717, 1.165) is 56.8 Å². The van der Waals surface area contributed by atoms with E-state index in [0.29, 0.717) is 30.1 Å². The third kappa shape index (κ3) is 3.47. The van der Waals surface area contributed by atoms with Crippen molar-refractivity contribution in [2.24, 2.45) is 0 Å². The molecular formula is C24H30N4O2. The molecule has 1 saturated heterocycles. The molecular weight excluding hydrogens is 376 g/mol. The maximum atomic E-state index is 12.5. The second kappa shape index (κ2) is 7.65. The first-order valence-electron chi connectivity index (χ1n) is 11.2. The molecule has 3 aliphatic rings. The number of ketones is 1. The van der Waals surface area contributed by atoms with E-state index in [9.17, 15) is 9.90 Å². The summed E-state index contributed by atoms with van der Waals surface area (Å²) < 4.78 is 0. The summed E-state index contributed by atoms with van der Waals surface area (Å²) in [5, 5.41) is 13.3. The summed E-state index contributed by atoms with van der Waals surface area (Å²) in [5.74, 6) is 2.04. The number of carbonyl (C=O) groups is 1. The Bertz CT molecular complexity index is 939. The first-order valence-corrected chi connectivity index (χ1v) is 11.2. The molecule has 1 aliphatic heterocycles. The van der Waals surface area contributed by atoms with Crippen molar-refractivity contribution in [2.45, 2.75) is 63.3 Å². The normalized spacial score (nSPS) is 20.7. The van der Waals surface area contributed by atoms with E-state index in [2.05, 4.69) is 41.4 Å². The number of rotatable bonds is 5. The molecule has 2 aliphatic carbocycles. The van der Waals surface area contributed by atoms with Crippen LogP contribution in [0.25, 0.3) is 0 Å². The van der Waals surface area contributed by atoms with E-state index in [1.165, 1.54) is 11.1 Å². The number of benzene rings is 1. The quantitative estimate of drug-likeness (QED) is 0.790. The lowest BCUT2D eigenvalue weighted by atomic mass is 9.77. The molecule has 2 heterocycles. The van der Waals surface area contributed by atoms with Gasteiger partial charge in [0.15, 0.2) is 5.78 Å². The van der Waals surface area contributed by atoms with Crippen LogP contribution in [0.2, 0.25) is 0 Å². The number of Topliss-reactive ketones (excluding diaryl/α,β-unsaturated/α-hetero) is 1.